The van der Waals surface area contributed by atoms with Crippen LogP contribution in [0.25, 0.3) is 0 Å². The molecule has 0 aliphatic heterocycles. The van der Waals surface area contributed by atoms with Crippen molar-refractivity contribution in [2.24, 2.45) is 0 Å². The fourth-order valence-corrected chi connectivity index (χ4v) is 1.04. The normalized spacial score (nSPS) is 9.85. The first-order chi connectivity index (χ1) is 6.45. The minimum Gasteiger partial charge on any atom is -0.487 e. The van der Waals surface area contributed by atoms with E-state index in [4.69, 9.17) is 4.74 Å². The number of benzene rings is 1. The van der Waals surface area contributed by atoms with Crippen LogP contribution in [0, 0.1) is 0 Å². The van der Waals surface area contributed by atoms with Crippen molar-refractivity contribution in [2.45, 2.75) is 6.61 Å². The third-order valence-electron chi connectivity index (χ3n) is 1.69. The van der Waals surface area contributed by atoms with Crippen LogP contribution in [0.2, 0.25) is 0 Å². The van der Waals surface area contributed by atoms with Gasteiger partial charge in [0.15, 0.2) is 0 Å². The molecule has 66 valence electrons. The molecule has 0 aliphatic rings. The zero-order valence-electron chi connectivity index (χ0n) is 7.10. The van der Waals surface area contributed by atoms with Crippen molar-refractivity contribution in [1.82, 2.24) is 9.97 Å². The van der Waals surface area contributed by atoms with E-state index in [2.05, 4.69) is 9.97 Å². The van der Waals surface area contributed by atoms with Gasteiger partial charge in [-0.3, -0.25) is 0 Å². The van der Waals surface area contributed by atoms with Crippen molar-refractivity contribution in [1.29, 1.82) is 0 Å². The summed E-state index contributed by atoms with van der Waals surface area (Å²) in [6, 6.07) is 9.71. The first-order valence-corrected chi connectivity index (χ1v) is 4.10. The molecule has 1 N–H and O–H groups in total. The van der Waals surface area contributed by atoms with Crippen LogP contribution in [-0.4, -0.2) is 9.97 Å². The van der Waals surface area contributed by atoms with Crippen LogP contribution in [0.3, 0.4) is 0 Å². The highest BCUT2D eigenvalue weighted by molar-refractivity contribution is 5.21. The van der Waals surface area contributed by atoms with E-state index in [0.717, 1.165) is 11.4 Å². The van der Waals surface area contributed by atoms with E-state index in [1.807, 2.05) is 30.3 Å². The maximum absolute atomic E-state index is 5.48. The molecular formula is C10H10N2O. The number of hydrogen-bond acceptors (Lipinski definition) is 2. The SMILES string of the molecule is c1ccc(OCc2cnc[nH]2)cc1. The quantitative estimate of drug-likeness (QED) is 0.772. The smallest absolute Gasteiger partial charge is 0.130 e. The number of nitrogens with one attached hydrogen (secondary N) is 1. The van der Waals surface area contributed by atoms with E-state index in [0.29, 0.717) is 6.61 Å². The summed E-state index contributed by atoms with van der Waals surface area (Å²) < 4.78 is 5.48. The summed E-state index contributed by atoms with van der Waals surface area (Å²) in [5.74, 6) is 0.872. The third kappa shape index (κ3) is 2.08. The predicted octanol–water partition coefficient (Wildman–Crippen LogP) is 1.99. The number of rotatable bonds is 3. The molecule has 2 rings (SSSR count). The number of hydrogen-bond donors (Lipinski definition) is 1. The topological polar surface area (TPSA) is 37.9 Å². The van der Waals surface area contributed by atoms with E-state index >= 15 is 0 Å². The van der Waals surface area contributed by atoms with E-state index in [1.54, 1.807) is 12.5 Å². The highest BCUT2D eigenvalue weighted by atomic mass is 16.5. The number of aromatic amines is 1. The van der Waals surface area contributed by atoms with Gasteiger partial charge in [-0.25, -0.2) is 4.98 Å². The summed E-state index contributed by atoms with van der Waals surface area (Å²) in [6.45, 7) is 0.532. The van der Waals surface area contributed by atoms with Gasteiger partial charge in [0.1, 0.15) is 12.4 Å². The summed E-state index contributed by atoms with van der Waals surface area (Å²) in [4.78, 5) is 6.87. The fraction of sp³-hybridized carbons (Fsp3) is 0.100. The maximum Gasteiger partial charge on any atom is 0.130 e. The standard InChI is InChI=1S/C10H10N2O/c1-2-4-10(5-3-1)13-7-9-6-11-8-12-9/h1-6,8H,7H2,(H,11,12). The molecule has 0 unspecified atom stereocenters. The molecule has 0 aliphatic carbocycles. The van der Waals surface area contributed by atoms with Gasteiger partial charge in [-0.2, -0.15) is 0 Å². The zero-order valence-corrected chi connectivity index (χ0v) is 7.10. The largest absolute Gasteiger partial charge is 0.487 e. The number of H-pyrrole nitrogens is 1. The van der Waals surface area contributed by atoms with Crippen molar-refractivity contribution < 1.29 is 4.74 Å². The summed E-state index contributed by atoms with van der Waals surface area (Å²) >= 11 is 0. The third-order valence-corrected chi connectivity index (χ3v) is 1.69. The molecule has 0 radical (unpaired) electrons. The van der Waals surface area contributed by atoms with Crippen LogP contribution in [-0.2, 0) is 6.61 Å². The highest BCUT2D eigenvalue weighted by Gasteiger charge is 1.94. The Morgan fingerprint density at radius 3 is 2.77 bits per heavy atom. The minimum atomic E-state index is 0.532. The molecular weight excluding hydrogens is 164 g/mol. The minimum absolute atomic E-state index is 0.532. The molecule has 13 heavy (non-hydrogen) atoms. The van der Waals surface area contributed by atoms with Gasteiger partial charge in [0.25, 0.3) is 0 Å². The van der Waals surface area contributed by atoms with E-state index in [1.165, 1.54) is 0 Å². The van der Waals surface area contributed by atoms with Gasteiger partial charge in [-0.1, -0.05) is 18.2 Å². The molecule has 0 amide bonds. The van der Waals surface area contributed by atoms with Crippen molar-refractivity contribution in [2.75, 3.05) is 0 Å². The summed E-state index contributed by atoms with van der Waals surface area (Å²) in [5, 5.41) is 0. The second-order valence-electron chi connectivity index (χ2n) is 2.68. The number of imidazole rings is 1. The number of ether oxygens (including phenoxy) is 1. The molecule has 3 nitrogen and oxygen atoms in total. The summed E-state index contributed by atoms with van der Waals surface area (Å²) in [6.07, 6.45) is 3.40. The predicted molar refractivity (Wildman–Crippen MR) is 49.4 cm³/mol. The summed E-state index contributed by atoms with van der Waals surface area (Å²) in [7, 11) is 0. The van der Waals surface area contributed by atoms with E-state index < -0.39 is 0 Å². The molecule has 1 heterocycles. The lowest BCUT2D eigenvalue weighted by molar-refractivity contribution is 0.302. The van der Waals surface area contributed by atoms with Crippen molar-refractivity contribution in [3.63, 3.8) is 0 Å². The lowest BCUT2D eigenvalue weighted by Gasteiger charge is -2.02. The molecule has 1 aromatic carbocycles. The highest BCUT2D eigenvalue weighted by Crippen LogP contribution is 2.09. The summed E-state index contributed by atoms with van der Waals surface area (Å²) in [5.41, 5.74) is 0.976. The van der Waals surface area contributed by atoms with Gasteiger partial charge in [0.05, 0.1) is 18.2 Å². The first kappa shape index (κ1) is 7.86. The molecule has 0 bridgehead atoms. The molecule has 0 atom stereocenters. The monoisotopic (exact) mass is 174 g/mol. The average molecular weight is 174 g/mol. The Balaban J connectivity index is 1.94. The number of nitrogens with zero attached hydrogens (tertiary/aromatic N) is 1. The van der Waals surface area contributed by atoms with Gasteiger partial charge in [-0.05, 0) is 12.1 Å². The van der Waals surface area contributed by atoms with Crippen molar-refractivity contribution >= 4 is 0 Å². The molecule has 0 saturated carbocycles. The van der Waals surface area contributed by atoms with Crippen LogP contribution < -0.4 is 4.74 Å². The van der Waals surface area contributed by atoms with Gasteiger partial charge >= 0.3 is 0 Å². The second-order valence-corrected chi connectivity index (χ2v) is 2.68. The first-order valence-electron chi connectivity index (χ1n) is 4.10. The van der Waals surface area contributed by atoms with E-state index in [-0.39, 0.29) is 0 Å². The fourth-order valence-electron chi connectivity index (χ4n) is 1.04. The van der Waals surface area contributed by atoms with Crippen LogP contribution in [0.4, 0.5) is 0 Å². The van der Waals surface area contributed by atoms with Crippen molar-refractivity contribution in [3.8, 4) is 5.75 Å². The van der Waals surface area contributed by atoms with Gasteiger partial charge < -0.3 is 9.72 Å². The van der Waals surface area contributed by atoms with Crippen molar-refractivity contribution in [3.05, 3.63) is 48.5 Å². The molecule has 1 aromatic heterocycles. The lowest BCUT2D eigenvalue weighted by Crippen LogP contribution is -1.94. The number of para-hydroxylation sites is 1. The Hall–Kier alpha value is -1.77. The molecule has 0 saturated heterocycles. The van der Waals surface area contributed by atoms with Gasteiger partial charge in [-0.15, -0.1) is 0 Å². The lowest BCUT2D eigenvalue weighted by atomic mass is 10.3. The average Bonchev–Trinajstić information content (AvgIpc) is 2.69. The van der Waals surface area contributed by atoms with Crippen LogP contribution in [0.15, 0.2) is 42.9 Å². The Bertz CT molecular complexity index is 342. The van der Waals surface area contributed by atoms with E-state index in [9.17, 15) is 0 Å². The maximum atomic E-state index is 5.48. The van der Waals surface area contributed by atoms with Gasteiger partial charge in [0, 0.05) is 0 Å². The van der Waals surface area contributed by atoms with Crippen LogP contribution >= 0.6 is 0 Å². The Kier molecular flexibility index (Phi) is 2.27. The second kappa shape index (κ2) is 3.76. The van der Waals surface area contributed by atoms with Gasteiger partial charge in [0.2, 0.25) is 0 Å². The van der Waals surface area contributed by atoms with Crippen LogP contribution in [0.5, 0.6) is 5.75 Å². The molecule has 0 spiro atoms. The Morgan fingerprint density at radius 1 is 1.23 bits per heavy atom. The Labute approximate surface area is 76.4 Å². The Morgan fingerprint density at radius 2 is 2.08 bits per heavy atom. The van der Waals surface area contributed by atoms with Crippen LogP contribution in [0.1, 0.15) is 5.69 Å². The molecule has 3 heteroatoms. The zero-order chi connectivity index (χ0) is 8.93. The molecule has 2 aromatic rings. The molecule has 0 fully saturated rings. The number of aromatic nitrogens is 2.